The Bertz CT molecular complexity index is 1210. The van der Waals surface area contributed by atoms with Crippen molar-refractivity contribution in [1.82, 2.24) is 0 Å². The van der Waals surface area contributed by atoms with E-state index in [-0.39, 0.29) is 27.6 Å². The first-order valence-corrected chi connectivity index (χ1v) is 9.01. The van der Waals surface area contributed by atoms with Crippen LogP contribution in [0.5, 0.6) is 5.75 Å². The Balaban J connectivity index is 1.97. The molecule has 0 aromatic heterocycles. The van der Waals surface area contributed by atoms with Crippen LogP contribution in [0.4, 0.5) is 11.4 Å². The van der Waals surface area contributed by atoms with Gasteiger partial charge in [-0.2, -0.15) is 0 Å². The molecule has 0 atom stereocenters. The summed E-state index contributed by atoms with van der Waals surface area (Å²) >= 11 is 12.1. The summed E-state index contributed by atoms with van der Waals surface area (Å²) < 4.78 is 0. The van der Waals surface area contributed by atoms with E-state index in [1.807, 2.05) is 0 Å². The second-order valence-electron chi connectivity index (χ2n) is 6.18. The third-order valence-corrected chi connectivity index (χ3v) is 5.23. The third-order valence-electron chi connectivity index (χ3n) is 4.55. The molecule has 1 N–H and O–H groups in total. The fraction of sp³-hybridized carbons (Fsp3) is 0. The fourth-order valence-corrected chi connectivity index (χ4v) is 3.87. The molecule has 0 saturated heterocycles. The summed E-state index contributed by atoms with van der Waals surface area (Å²) in [5, 5.41) is 21.0. The Kier molecular flexibility index (Phi) is 4.49. The number of phenolic OH excluding ortho intramolecular Hbond substituents is 1. The van der Waals surface area contributed by atoms with Gasteiger partial charge in [-0.25, -0.2) is 4.90 Å². The Labute approximate surface area is 173 Å². The number of hydrogen-bond acceptors (Lipinski definition) is 5. The number of fused-ring (bicyclic) bond motifs is 1. The van der Waals surface area contributed by atoms with Gasteiger partial charge in [-0.3, -0.25) is 19.7 Å². The van der Waals surface area contributed by atoms with Crippen molar-refractivity contribution in [2.24, 2.45) is 0 Å². The lowest BCUT2D eigenvalue weighted by atomic mass is 10.0. The Morgan fingerprint density at radius 2 is 1.59 bits per heavy atom. The average molecular weight is 429 g/mol. The van der Waals surface area contributed by atoms with E-state index in [9.17, 15) is 24.8 Å². The molecule has 3 aromatic rings. The van der Waals surface area contributed by atoms with Crippen LogP contribution in [0.1, 0.15) is 20.7 Å². The van der Waals surface area contributed by atoms with Gasteiger partial charge in [-0.05, 0) is 11.6 Å². The molecule has 0 saturated carbocycles. The van der Waals surface area contributed by atoms with Crippen LogP contribution < -0.4 is 4.90 Å². The number of benzene rings is 3. The summed E-state index contributed by atoms with van der Waals surface area (Å²) in [6.45, 7) is 0. The number of anilines is 1. The number of phenols is 1. The molecule has 1 heterocycles. The fourth-order valence-electron chi connectivity index (χ4n) is 3.29. The summed E-state index contributed by atoms with van der Waals surface area (Å²) in [4.78, 5) is 37.4. The second kappa shape index (κ2) is 6.88. The number of nitro groups is 1. The van der Waals surface area contributed by atoms with Gasteiger partial charge >= 0.3 is 0 Å². The van der Waals surface area contributed by atoms with Crippen molar-refractivity contribution >= 4 is 46.4 Å². The summed E-state index contributed by atoms with van der Waals surface area (Å²) in [5.74, 6) is -2.05. The smallest absolute Gasteiger partial charge is 0.290 e. The lowest BCUT2D eigenvalue weighted by Gasteiger charge is -2.19. The van der Waals surface area contributed by atoms with E-state index in [0.717, 1.165) is 11.0 Å². The van der Waals surface area contributed by atoms with Crippen LogP contribution in [0, 0.1) is 10.1 Å². The number of carbonyl (C=O) groups is 2. The van der Waals surface area contributed by atoms with Gasteiger partial charge in [0, 0.05) is 11.6 Å². The van der Waals surface area contributed by atoms with E-state index in [1.54, 1.807) is 42.5 Å². The van der Waals surface area contributed by atoms with Crippen LogP contribution in [0.15, 0.2) is 54.6 Å². The molecule has 0 spiro atoms. The number of hydrogen-bond donors (Lipinski definition) is 1. The highest BCUT2D eigenvalue weighted by Crippen LogP contribution is 2.46. The van der Waals surface area contributed by atoms with Crippen LogP contribution in [0.3, 0.4) is 0 Å². The monoisotopic (exact) mass is 428 g/mol. The van der Waals surface area contributed by atoms with E-state index in [2.05, 4.69) is 0 Å². The zero-order valence-corrected chi connectivity index (χ0v) is 15.9. The van der Waals surface area contributed by atoms with Gasteiger partial charge in [-0.15, -0.1) is 0 Å². The maximum atomic E-state index is 13.1. The zero-order valence-electron chi connectivity index (χ0n) is 14.4. The van der Waals surface area contributed by atoms with Gasteiger partial charge in [0.15, 0.2) is 0 Å². The van der Waals surface area contributed by atoms with Gasteiger partial charge in [0.05, 0.1) is 21.1 Å². The van der Waals surface area contributed by atoms with E-state index < -0.39 is 27.4 Å². The highest BCUT2D eigenvalue weighted by Gasteiger charge is 2.44. The summed E-state index contributed by atoms with van der Waals surface area (Å²) in [5.41, 5.74) is -0.175. The molecule has 0 unspecified atom stereocenters. The highest BCUT2D eigenvalue weighted by atomic mass is 35.5. The average Bonchev–Trinajstić information content (AvgIpc) is 2.96. The normalized spacial score (nSPS) is 13.0. The molecule has 0 aliphatic carbocycles. The molecule has 0 bridgehead atoms. The molecule has 7 nitrogen and oxygen atoms in total. The van der Waals surface area contributed by atoms with E-state index >= 15 is 0 Å². The van der Waals surface area contributed by atoms with Crippen molar-refractivity contribution in [3.8, 4) is 16.9 Å². The standard InChI is InChI=1S/C20H10Cl2N2O5/c21-12-9-13(24(28)29)17(22)16-15(12)19(26)23(20(16)27)18-11(7-4-8-14(18)25)10-5-2-1-3-6-10/h1-9,25H. The van der Waals surface area contributed by atoms with Crippen LogP contribution in [-0.2, 0) is 0 Å². The minimum absolute atomic E-state index is 0.0558. The number of nitrogens with zero attached hydrogens (tertiary/aromatic N) is 2. The zero-order chi connectivity index (χ0) is 20.9. The molecule has 9 heteroatoms. The minimum Gasteiger partial charge on any atom is -0.506 e. The van der Waals surface area contributed by atoms with E-state index in [4.69, 9.17) is 23.2 Å². The first-order valence-electron chi connectivity index (χ1n) is 8.25. The number of carbonyl (C=O) groups excluding carboxylic acids is 2. The Morgan fingerprint density at radius 1 is 0.931 bits per heavy atom. The van der Waals surface area contributed by atoms with E-state index in [0.29, 0.717) is 11.1 Å². The quantitative estimate of drug-likeness (QED) is 0.356. The lowest BCUT2D eigenvalue weighted by Crippen LogP contribution is -2.30. The molecule has 144 valence electrons. The van der Waals surface area contributed by atoms with Gasteiger partial charge in [0.2, 0.25) is 0 Å². The van der Waals surface area contributed by atoms with Crippen LogP contribution >= 0.6 is 23.2 Å². The first-order chi connectivity index (χ1) is 13.8. The van der Waals surface area contributed by atoms with Crippen molar-refractivity contribution in [3.63, 3.8) is 0 Å². The molecule has 4 rings (SSSR count). The molecule has 29 heavy (non-hydrogen) atoms. The number of amides is 2. The predicted molar refractivity (Wildman–Crippen MR) is 108 cm³/mol. The number of rotatable bonds is 3. The van der Waals surface area contributed by atoms with Crippen LogP contribution in [-0.4, -0.2) is 21.8 Å². The first kappa shape index (κ1) is 18.9. The van der Waals surface area contributed by atoms with Crippen molar-refractivity contribution in [2.75, 3.05) is 4.90 Å². The summed E-state index contributed by atoms with van der Waals surface area (Å²) in [6.07, 6.45) is 0. The van der Waals surface area contributed by atoms with Gasteiger partial charge < -0.3 is 5.11 Å². The number of aromatic hydroxyl groups is 1. The predicted octanol–water partition coefficient (Wildman–Crippen LogP) is 5.07. The molecular weight excluding hydrogens is 419 g/mol. The Hall–Kier alpha value is -3.42. The molecule has 1 aliphatic heterocycles. The third kappa shape index (κ3) is 2.83. The Morgan fingerprint density at radius 3 is 2.24 bits per heavy atom. The van der Waals surface area contributed by atoms with Crippen molar-refractivity contribution in [3.05, 3.63) is 85.9 Å². The maximum absolute atomic E-state index is 13.1. The van der Waals surface area contributed by atoms with Gasteiger partial charge in [0.1, 0.15) is 16.5 Å². The SMILES string of the molecule is O=C1c2c(Cl)cc([N+](=O)[O-])c(Cl)c2C(=O)N1c1c(O)cccc1-c1ccccc1. The summed E-state index contributed by atoms with van der Waals surface area (Å²) in [6, 6.07) is 14.3. The number of halogens is 2. The molecule has 0 radical (unpaired) electrons. The second-order valence-corrected chi connectivity index (χ2v) is 6.97. The van der Waals surface area contributed by atoms with Gasteiger partial charge in [0.25, 0.3) is 17.5 Å². The minimum atomic E-state index is -0.903. The molecule has 3 aromatic carbocycles. The highest BCUT2D eigenvalue weighted by molar-refractivity contribution is 6.47. The topological polar surface area (TPSA) is 101 Å². The molecule has 0 fully saturated rings. The molecule has 1 aliphatic rings. The number of nitro benzene ring substituents is 1. The van der Waals surface area contributed by atoms with Crippen molar-refractivity contribution in [2.45, 2.75) is 0 Å². The van der Waals surface area contributed by atoms with Crippen LogP contribution in [0.25, 0.3) is 11.1 Å². The van der Waals surface area contributed by atoms with Crippen LogP contribution in [0.2, 0.25) is 10.0 Å². The summed E-state index contributed by atoms with van der Waals surface area (Å²) in [7, 11) is 0. The molecule has 2 amide bonds. The largest absolute Gasteiger partial charge is 0.506 e. The lowest BCUT2D eigenvalue weighted by molar-refractivity contribution is -0.384. The molecular formula is C20H10Cl2N2O5. The number of imide groups is 1. The van der Waals surface area contributed by atoms with Crippen molar-refractivity contribution in [1.29, 1.82) is 0 Å². The van der Waals surface area contributed by atoms with E-state index in [1.165, 1.54) is 6.07 Å². The number of para-hydroxylation sites is 1. The maximum Gasteiger partial charge on any atom is 0.290 e. The van der Waals surface area contributed by atoms with Crippen molar-refractivity contribution < 1.29 is 19.6 Å². The van der Waals surface area contributed by atoms with Gasteiger partial charge in [-0.1, -0.05) is 65.7 Å².